The maximum atomic E-state index is 12.3. The van der Waals surface area contributed by atoms with Crippen molar-refractivity contribution in [3.8, 4) is 0 Å². The van der Waals surface area contributed by atoms with E-state index in [9.17, 15) is 8.42 Å². The molecule has 1 aliphatic rings. The first-order valence-electron chi connectivity index (χ1n) is 6.63. The summed E-state index contributed by atoms with van der Waals surface area (Å²) in [5.74, 6) is 0.475. The fraction of sp³-hybridized carbons (Fsp3) is 1.00. The van der Waals surface area contributed by atoms with E-state index < -0.39 is 10.0 Å². The van der Waals surface area contributed by atoms with Crippen molar-refractivity contribution >= 4 is 22.4 Å². The second-order valence-electron chi connectivity index (χ2n) is 5.32. The summed E-state index contributed by atoms with van der Waals surface area (Å²) in [5.41, 5.74) is 5.91. The number of rotatable bonds is 5. The van der Waals surface area contributed by atoms with Gasteiger partial charge in [0.25, 0.3) is 0 Å². The zero-order chi connectivity index (χ0) is 13.1. The predicted octanol–water partition coefficient (Wildman–Crippen LogP) is 1.99. The molecule has 0 aromatic rings. The third-order valence-electron chi connectivity index (χ3n) is 3.65. The van der Waals surface area contributed by atoms with E-state index in [2.05, 4.69) is 0 Å². The van der Waals surface area contributed by atoms with E-state index in [1.807, 2.05) is 20.8 Å². The van der Waals surface area contributed by atoms with Crippen LogP contribution in [0.1, 0.15) is 46.5 Å². The van der Waals surface area contributed by atoms with Crippen LogP contribution in [0.4, 0.5) is 0 Å². The lowest BCUT2D eigenvalue weighted by Crippen LogP contribution is -2.52. The largest absolute Gasteiger partial charge is 0.326 e. The highest BCUT2D eigenvalue weighted by molar-refractivity contribution is 7.89. The second kappa shape index (κ2) is 7.68. The number of hydrogen-bond acceptors (Lipinski definition) is 3. The Balaban J connectivity index is 0.00000289. The third-order valence-corrected chi connectivity index (χ3v) is 5.81. The smallest absolute Gasteiger partial charge is 0.214 e. The van der Waals surface area contributed by atoms with E-state index in [0.717, 1.165) is 25.7 Å². The van der Waals surface area contributed by atoms with Crippen LogP contribution in [0, 0.1) is 5.92 Å². The summed E-state index contributed by atoms with van der Waals surface area (Å²) < 4.78 is 26.3. The van der Waals surface area contributed by atoms with Crippen molar-refractivity contribution < 1.29 is 8.42 Å². The molecule has 0 radical (unpaired) electrons. The average Bonchev–Trinajstić information content (AvgIpc) is 2.28. The van der Waals surface area contributed by atoms with Gasteiger partial charge in [-0.25, -0.2) is 8.42 Å². The molecule has 1 aliphatic heterocycles. The van der Waals surface area contributed by atoms with Crippen LogP contribution >= 0.6 is 12.4 Å². The molecule has 0 aliphatic carbocycles. The number of halogens is 1. The van der Waals surface area contributed by atoms with Crippen molar-refractivity contribution in [2.24, 2.45) is 11.7 Å². The molecule has 0 bridgehead atoms. The molecule has 3 atom stereocenters. The number of nitrogens with two attached hydrogens (primary N) is 1. The fourth-order valence-electron chi connectivity index (χ4n) is 2.37. The van der Waals surface area contributed by atoms with Crippen molar-refractivity contribution in [1.82, 2.24) is 4.31 Å². The third kappa shape index (κ3) is 4.68. The lowest BCUT2D eigenvalue weighted by Gasteiger charge is -2.37. The molecule has 0 aromatic heterocycles. The number of piperidine rings is 1. The van der Waals surface area contributed by atoms with Gasteiger partial charge in [0.05, 0.1) is 5.75 Å². The number of hydrogen-bond donors (Lipinski definition) is 1. The molecular weight excluding hydrogens is 272 g/mol. The molecule has 0 saturated carbocycles. The molecule has 0 spiro atoms. The minimum Gasteiger partial charge on any atom is -0.326 e. The Morgan fingerprint density at radius 1 is 1.33 bits per heavy atom. The van der Waals surface area contributed by atoms with E-state index >= 15 is 0 Å². The van der Waals surface area contributed by atoms with Crippen LogP contribution in [0.3, 0.4) is 0 Å². The Labute approximate surface area is 118 Å². The second-order valence-corrected chi connectivity index (χ2v) is 7.29. The summed E-state index contributed by atoms with van der Waals surface area (Å²) in [5, 5.41) is 0. The lowest BCUT2D eigenvalue weighted by molar-refractivity contribution is 0.226. The molecule has 2 N–H and O–H groups in total. The summed E-state index contributed by atoms with van der Waals surface area (Å²) in [6, 6.07) is -0.0835. The van der Waals surface area contributed by atoms with E-state index in [1.165, 1.54) is 0 Å². The molecule has 3 unspecified atom stereocenters. The normalized spacial score (nSPS) is 25.2. The zero-order valence-corrected chi connectivity index (χ0v) is 13.3. The molecule has 1 heterocycles. The van der Waals surface area contributed by atoms with E-state index in [1.54, 1.807) is 4.31 Å². The summed E-state index contributed by atoms with van der Waals surface area (Å²) in [4.78, 5) is 0. The van der Waals surface area contributed by atoms with E-state index in [-0.39, 0.29) is 36.2 Å². The highest BCUT2D eigenvalue weighted by Gasteiger charge is 2.34. The van der Waals surface area contributed by atoms with Gasteiger partial charge in [0.1, 0.15) is 0 Å². The maximum Gasteiger partial charge on any atom is 0.214 e. The monoisotopic (exact) mass is 298 g/mol. The molecule has 0 amide bonds. The molecule has 4 nitrogen and oxygen atoms in total. The zero-order valence-electron chi connectivity index (χ0n) is 11.6. The summed E-state index contributed by atoms with van der Waals surface area (Å²) in [6.07, 6.45) is 3.85. The summed E-state index contributed by atoms with van der Waals surface area (Å²) in [7, 11) is -3.14. The minimum atomic E-state index is -3.14. The van der Waals surface area contributed by atoms with Gasteiger partial charge in [0.15, 0.2) is 0 Å². The Hall–Kier alpha value is 0.160. The molecule has 6 heteroatoms. The minimum absolute atomic E-state index is 0. The fourth-order valence-corrected chi connectivity index (χ4v) is 4.64. The Morgan fingerprint density at radius 2 is 1.94 bits per heavy atom. The van der Waals surface area contributed by atoms with Gasteiger partial charge in [-0.2, -0.15) is 4.31 Å². The van der Waals surface area contributed by atoms with Crippen molar-refractivity contribution in [2.75, 3.05) is 12.3 Å². The van der Waals surface area contributed by atoms with Gasteiger partial charge < -0.3 is 5.73 Å². The highest BCUT2D eigenvalue weighted by Crippen LogP contribution is 2.24. The first-order valence-corrected chi connectivity index (χ1v) is 8.24. The number of sulfonamides is 1. The van der Waals surface area contributed by atoms with Gasteiger partial charge in [-0.15, -0.1) is 12.4 Å². The van der Waals surface area contributed by atoms with Crippen LogP contribution in [-0.4, -0.2) is 37.1 Å². The maximum absolute atomic E-state index is 12.3. The van der Waals surface area contributed by atoms with Crippen LogP contribution in [-0.2, 0) is 10.0 Å². The molecule has 1 saturated heterocycles. The van der Waals surface area contributed by atoms with Gasteiger partial charge in [-0.3, -0.25) is 0 Å². The number of nitrogens with zero attached hydrogens (tertiary/aromatic N) is 1. The molecular formula is C12H27ClN2O2S. The van der Waals surface area contributed by atoms with Crippen LogP contribution in [0.5, 0.6) is 0 Å². The van der Waals surface area contributed by atoms with Crippen LogP contribution in [0.15, 0.2) is 0 Å². The van der Waals surface area contributed by atoms with Gasteiger partial charge >= 0.3 is 0 Å². The SMILES string of the molecule is CCC(C)CS(=O)(=O)N1CCCCC1C(C)N.Cl. The molecule has 110 valence electrons. The van der Waals surface area contributed by atoms with Gasteiger partial charge in [-0.1, -0.05) is 26.7 Å². The highest BCUT2D eigenvalue weighted by atomic mass is 35.5. The van der Waals surface area contributed by atoms with Crippen LogP contribution in [0.2, 0.25) is 0 Å². The topological polar surface area (TPSA) is 63.4 Å². The predicted molar refractivity (Wildman–Crippen MR) is 78.5 cm³/mol. The van der Waals surface area contributed by atoms with E-state index in [0.29, 0.717) is 6.54 Å². The van der Waals surface area contributed by atoms with Crippen LogP contribution in [0.25, 0.3) is 0 Å². The Kier molecular flexibility index (Phi) is 7.75. The van der Waals surface area contributed by atoms with Gasteiger partial charge in [0.2, 0.25) is 10.0 Å². The summed E-state index contributed by atoms with van der Waals surface area (Å²) >= 11 is 0. The Morgan fingerprint density at radius 3 is 2.44 bits per heavy atom. The first kappa shape index (κ1) is 18.2. The molecule has 0 aromatic carbocycles. The van der Waals surface area contributed by atoms with Crippen molar-refractivity contribution in [3.63, 3.8) is 0 Å². The van der Waals surface area contributed by atoms with Crippen molar-refractivity contribution in [2.45, 2.75) is 58.5 Å². The van der Waals surface area contributed by atoms with E-state index in [4.69, 9.17) is 5.73 Å². The lowest BCUT2D eigenvalue weighted by atomic mass is 10.00. The molecule has 1 fully saturated rings. The molecule has 18 heavy (non-hydrogen) atoms. The quantitative estimate of drug-likeness (QED) is 0.844. The van der Waals surface area contributed by atoms with Gasteiger partial charge in [-0.05, 0) is 25.7 Å². The standard InChI is InChI=1S/C12H26N2O2S.ClH/c1-4-10(2)9-17(15,16)14-8-6-5-7-12(14)11(3)13;/h10-12H,4-9,13H2,1-3H3;1H. The first-order chi connectivity index (χ1) is 7.88. The van der Waals surface area contributed by atoms with Crippen molar-refractivity contribution in [3.05, 3.63) is 0 Å². The Bertz CT molecular complexity index is 333. The van der Waals surface area contributed by atoms with Crippen LogP contribution < -0.4 is 5.73 Å². The van der Waals surface area contributed by atoms with Gasteiger partial charge in [0, 0.05) is 18.6 Å². The van der Waals surface area contributed by atoms with Crippen molar-refractivity contribution in [1.29, 1.82) is 0 Å². The summed E-state index contributed by atoms with van der Waals surface area (Å²) in [6.45, 7) is 6.56. The molecule has 1 rings (SSSR count). The average molecular weight is 299 g/mol.